The smallest absolute Gasteiger partial charge is 0.258 e. The van der Waals surface area contributed by atoms with E-state index >= 15 is 0 Å². The van der Waals surface area contributed by atoms with Gasteiger partial charge in [0.25, 0.3) is 5.91 Å². The predicted molar refractivity (Wildman–Crippen MR) is 90.0 cm³/mol. The molecule has 0 saturated heterocycles. The van der Waals surface area contributed by atoms with Gasteiger partial charge in [0.15, 0.2) is 0 Å². The second-order valence-corrected chi connectivity index (χ2v) is 7.99. The third kappa shape index (κ3) is 4.08. The van der Waals surface area contributed by atoms with E-state index in [-0.39, 0.29) is 11.4 Å². The van der Waals surface area contributed by atoms with Gasteiger partial charge < -0.3 is 0 Å². The van der Waals surface area contributed by atoms with Crippen LogP contribution in [0.1, 0.15) is 26.2 Å². The van der Waals surface area contributed by atoms with E-state index in [1.807, 2.05) is 19.1 Å². The van der Waals surface area contributed by atoms with E-state index in [2.05, 4.69) is 0 Å². The predicted octanol–water partition coefficient (Wildman–Crippen LogP) is 2.59. The molecule has 2 aromatic rings. The molecular formula is C15H20N2O4S2. The minimum Gasteiger partial charge on any atom is -0.289 e. The zero-order valence-electron chi connectivity index (χ0n) is 12.9. The first-order valence-electron chi connectivity index (χ1n) is 7.40. The fraction of sp³-hybridized carbons (Fsp3) is 0.400. The van der Waals surface area contributed by atoms with Crippen molar-refractivity contribution >= 4 is 37.4 Å². The fourth-order valence-corrected chi connectivity index (χ4v) is 5.22. The highest BCUT2D eigenvalue weighted by Crippen LogP contribution is 2.31. The molecule has 0 radical (unpaired) electrons. The van der Waals surface area contributed by atoms with Gasteiger partial charge in [-0.15, -0.1) is 11.3 Å². The minimum atomic E-state index is -3.80. The van der Waals surface area contributed by atoms with E-state index in [0.29, 0.717) is 11.8 Å². The zero-order valence-corrected chi connectivity index (χ0v) is 14.5. The number of unbranched alkanes of at least 4 members (excludes halogenated alkanes) is 2. The highest BCUT2D eigenvalue weighted by Gasteiger charge is 2.28. The highest BCUT2D eigenvalue weighted by molar-refractivity contribution is 7.89. The molecule has 0 aliphatic carbocycles. The Kier molecular flexibility index (Phi) is 6.11. The molecule has 8 heteroatoms. The summed E-state index contributed by atoms with van der Waals surface area (Å²) in [6.07, 6.45) is 2.48. The number of thiophene rings is 1. The van der Waals surface area contributed by atoms with Gasteiger partial charge in [0.05, 0.1) is 6.54 Å². The van der Waals surface area contributed by atoms with Crippen LogP contribution in [0.5, 0.6) is 0 Å². The van der Waals surface area contributed by atoms with Gasteiger partial charge in [-0.3, -0.25) is 10.0 Å². The Morgan fingerprint density at radius 3 is 2.74 bits per heavy atom. The number of benzene rings is 1. The van der Waals surface area contributed by atoms with E-state index in [1.165, 1.54) is 16.8 Å². The molecule has 0 fully saturated rings. The number of nitrogens with one attached hydrogen (secondary N) is 1. The van der Waals surface area contributed by atoms with Crippen LogP contribution in [-0.4, -0.2) is 36.9 Å². The van der Waals surface area contributed by atoms with E-state index in [9.17, 15) is 13.2 Å². The third-order valence-corrected chi connectivity index (χ3v) is 6.52. The van der Waals surface area contributed by atoms with Crippen LogP contribution in [0.2, 0.25) is 0 Å². The molecule has 1 aromatic heterocycles. The lowest BCUT2D eigenvalue weighted by molar-refractivity contribution is -0.129. The van der Waals surface area contributed by atoms with Crippen molar-refractivity contribution < 1.29 is 18.4 Å². The van der Waals surface area contributed by atoms with Gasteiger partial charge in [0.1, 0.15) is 4.90 Å². The average Bonchev–Trinajstić information content (AvgIpc) is 2.98. The van der Waals surface area contributed by atoms with Gasteiger partial charge in [0, 0.05) is 22.0 Å². The summed E-state index contributed by atoms with van der Waals surface area (Å²) in [6.45, 7) is 1.87. The van der Waals surface area contributed by atoms with Crippen LogP contribution in [0.3, 0.4) is 0 Å². The van der Waals surface area contributed by atoms with Crippen LogP contribution in [-0.2, 0) is 14.8 Å². The van der Waals surface area contributed by atoms with Crippen LogP contribution in [0, 0.1) is 0 Å². The number of nitrogens with zero attached hydrogens (tertiary/aromatic N) is 1. The lowest BCUT2D eigenvalue weighted by Crippen LogP contribution is -2.40. The van der Waals surface area contributed by atoms with Crippen molar-refractivity contribution in [2.75, 3.05) is 13.1 Å². The molecule has 0 bridgehead atoms. The summed E-state index contributed by atoms with van der Waals surface area (Å²) in [7, 11) is -3.80. The Morgan fingerprint density at radius 2 is 2.04 bits per heavy atom. The Hall–Kier alpha value is -1.48. The van der Waals surface area contributed by atoms with Crippen LogP contribution in [0.25, 0.3) is 10.1 Å². The number of fused-ring (bicyclic) bond motifs is 1. The molecule has 0 spiro atoms. The summed E-state index contributed by atoms with van der Waals surface area (Å²) in [6, 6.07) is 7.26. The van der Waals surface area contributed by atoms with Crippen LogP contribution >= 0.6 is 11.3 Å². The number of hydrogen-bond donors (Lipinski definition) is 2. The van der Waals surface area contributed by atoms with Crippen LogP contribution in [0.15, 0.2) is 34.5 Å². The summed E-state index contributed by atoms with van der Waals surface area (Å²) < 4.78 is 27.9. The number of amides is 1. The number of rotatable bonds is 8. The molecule has 0 aliphatic rings. The number of hydroxylamine groups is 1. The quantitative estimate of drug-likeness (QED) is 0.432. The maximum absolute atomic E-state index is 12.9. The Labute approximate surface area is 139 Å². The number of sulfonamides is 1. The fourth-order valence-electron chi connectivity index (χ4n) is 2.31. The molecule has 0 aliphatic heterocycles. The lowest BCUT2D eigenvalue weighted by Gasteiger charge is -2.20. The van der Waals surface area contributed by atoms with Gasteiger partial charge in [-0.2, -0.15) is 4.31 Å². The van der Waals surface area contributed by atoms with Crippen molar-refractivity contribution in [3.63, 3.8) is 0 Å². The monoisotopic (exact) mass is 356 g/mol. The first-order chi connectivity index (χ1) is 11.0. The maximum Gasteiger partial charge on any atom is 0.258 e. The topological polar surface area (TPSA) is 86.7 Å². The molecule has 1 amide bonds. The summed E-state index contributed by atoms with van der Waals surface area (Å²) in [4.78, 5) is 11.7. The van der Waals surface area contributed by atoms with Gasteiger partial charge in [-0.25, -0.2) is 13.9 Å². The molecule has 1 aromatic carbocycles. The van der Waals surface area contributed by atoms with Crippen molar-refractivity contribution in [1.29, 1.82) is 0 Å². The van der Waals surface area contributed by atoms with Crippen molar-refractivity contribution in [1.82, 2.24) is 9.79 Å². The normalized spacial score (nSPS) is 12.0. The molecule has 0 atom stereocenters. The molecule has 126 valence electrons. The SMILES string of the molecule is CCCCCN(CC(=O)NO)S(=O)(=O)c1csc2ccccc12. The first-order valence-corrected chi connectivity index (χ1v) is 9.72. The van der Waals surface area contributed by atoms with Crippen molar-refractivity contribution in [3.8, 4) is 0 Å². The Balaban J connectivity index is 2.36. The number of carbonyl (C=O) groups is 1. The zero-order chi connectivity index (χ0) is 16.9. The van der Waals surface area contributed by atoms with Crippen molar-refractivity contribution in [3.05, 3.63) is 29.6 Å². The van der Waals surface area contributed by atoms with Crippen LogP contribution < -0.4 is 5.48 Å². The Bertz CT molecular complexity index is 771. The van der Waals surface area contributed by atoms with E-state index in [4.69, 9.17) is 5.21 Å². The van der Waals surface area contributed by atoms with Crippen LogP contribution in [0.4, 0.5) is 0 Å². The standard InChI is InChI=1S/C15H20N2O4S2/c1-2-3-6-9-17(10-15(18)16-19)23(20,21)14-11-22-13-8-5-4-7-12(13)14/h4-5,7-8,11,19H,2-3,6,9-10H2,1H3,(H,16,18). The van der Waals surface area contributed by atoms with Crippen molar-refractivity contribution in [2.24, 2.45) is 0 Å². The summed E-state index contributed by atoms with van der Waals surface area (Å²) in [5.41, 5.74) is 1.50. The first kappa shape index (κ1) is 17.9. The van der Waals surface area contributed by atoms with Crippen molar-refractivity contribution in [2.45, 2.75) is 31.1 Å². The highest BCUT2D eigenvalue weighted by atomic mass is 32.2. The molecule has 1 heterocycles. The summed E-state index contributed by atoms with van der Waals surface area (Å²) in [5.74, 6) is -0.746. The second-order valence-electron chi connectivity index (χ2n) is 5.18. The molecule has 2 N–H and O–H groups in total. The molecule has 23 heavy (non-hydrogen) atoms. The summed E-state index contributed by atoms with van der Waals surface area (Å²) in [5, 5.41) is 11.0. The van der Waals surface area contributed by atoms with E-state index in [0.717, 1.165) is 21.8 Å². The van der Waals surface area contributed by atoms with E-state index in [1.54, 1.807) is 17.5 Å². The maximum atomic E-state index is 12.9. The van der Waals surface area contributed by atoms with Gasteiger partial charge in [-0.05, 0) is 12.5 Å². The third-order valence-electron chi connectivity index (χ3n) is 3.52. The minimum absolute atomic E-state index is 0.209. The lowest BCUT2D eigenvalue weighted by atomic mass is 10.2. The largest absolute Gasteiger partial charge is 0.289 e. The number of carbonyl (C=O) groups excluding carboxylic acids is 1. The van der Waals surface area contributed by atoms with Gasteiger partial charge in [-0.1, -0.05) is 38.0 Å². The molecule has 0 unspecified atom stereocenters. The van der Waals surface area contributed by atoms with Gasteiger partial charge >= 0.3 is 0 Å². The van der Waals surface area contributed by atoms with Gasteiger partial charge in [0.2, 0.25) is 10.0 Å². The molecule has 2 rings (SSSR count). The second kappa shape index (κ2) is 7.87. The molecule has 6 nitrogen and oxygen atoms in total. The number of hydrogen-bond acceptors (Lipinski definition) is 5. The Morgan fingerprint density at radius 1 is 1.30 bits per heavy atom. The summed E-state index contributed by atoms with van der Waals surface area (Å²) >= 11 is 1.36. The average molecular weight is 356 g/mol. The van der Waals surface area contributed by atoms with E-state index < -0.39 is 22.5 Å². The molecule has 0 saturated carbocycles. The molecular weight excluding hydrogens is 336 g/mol.